The van der Waals surface area contributed by atoms with Gasteiger partial charge in [-0.05, 0) is 20.8 Å². The topological polar surface area (TPSA) is 65.0 Å². The van der Waals surface area contributed by atoms with Crippen molar-refractivity contribution in [1.29, 1.82) is 0 Å². The van der Waals surface area contributed by atoms with Crippen molar-refractivity contribution in [3.8, 4) is 0 Å². The van der Waals surface area contributed by atoms with Gasteiger partial charge >= 0.3 is 5.97 Å². The average Bonchev–Trinajstić information content (AvgIpc) is 2.50. The minimum Gasteiger partial charge on any atom is -0.467 e. The molecule has 0 aromatic heterocycles. The minimum absolute atomic E-state index is 0.211. The number of rotatable bonds is 1. The zero-order valence-corrected chi connectivity index (χ0v) is 9.36. The molecule has 2 aliphatic heterocycles. The number of esters is 1. The average molecular weight is 216 g/mol. The fraction of sp³-hybridized carbons (Fsp3) is 0.900. The smallest absolute Gasteiger partial charge is 0.343 e. The molecular formula is C10H16O5. The van der Waals surface area contributed by atoms with Gasteiger partial charge in [-0.2, -0.15) is 0 Å². The molecule has 0 spiro atoms. The molecule has 0 aromatic carbocycles. The molecule has 2 heterocycles. The van der Waals surface area contributed by atoms with E-state index < -0.39 is 23.0 Å². The number of methoxy groups -OCH3 is 1. The summed E-state index contributed by atoms with van der Waals surface area (Å²) in [6, 6.07) is 0. The number of aliphatic hydroxyl groups is 1. The van der Waals surface area contributed by atoms with Crippen molar-refractivity contribution < 1.29 is 24.1 Å². The van der Waals surface area contributed by atoms with E-state index in [0.717, 1.165) is 0 Å². The van der Waals surface area contributed by atoms with Gasteiger partial charge < -0.3 is 19.3 Å². The summed E-state index contributed by atoms with van der Waals surface area (Å²) in [7, 11) is 1.24. The highest BCUT2D eigenvalue weighted by molar-refractivity contribution is 5.81. The highest BCUT2D eigenvalue weighted by Crippen LogP contribution is 2.53. The summed E-state index contributed by atoms with van der Waals surface area (Å²) in [5.74, 6) is -2.00. The Kier molecular flexibility index (Phi) is 1.97. The van der Waals surface area contributed by atoms with Crippen LogP contribution in [0.4, 0.5) is 0 Å². The predicted molar refractivity (Wildman–Crippen MR) is 50.0 cm³/mol. The van der Waals surface area contributed by atoms with E-state index in [4.69, 9.17) is 9.47 Å². The van der Waals surface area contributed by atoms with Crippen molar-refractivity contribution in [3.05, 3.63) is 0 Å². The largest absolute Gasteiger partial charge is 0.467 e. The van der Waals surface area contributed by atoms with E-state index in [0.29, 0.717) is 0 Å². The van der Waals surface area contributed by atoms with Crippen LogP contribution >= 0.6 is 0 Å². The van der Waals surface area contributed by atoms with Gasteiger partial charge in [0.15, 0.2) is 0 Å². The van der Waals surface area contributed by atoms with Crippen LogP contribution in [0.1, 0.15) is 27.2 Å². The predicted octanol–water partition coefficient (Wildman–Crippen LogP) is 0.204. The Morgan fingerprint density at radius 2 is 2.07 bits per heavy atom. The van der Waals surface area contributed by atoms with Crippen LogP contribution in [0.15, 0.2) is 0 Å². The quantitative estimate of drug-likeness (QED) is 0.634. The van der Waals surface area contributed by atoms with Crippen molar-refractivity contribution in [2.75, 3.05) is 7.11 Å². The molecule has 0 radical (unpaired) electrons. The summed E-state index contributed by atoms with van der Waals surface area (Å²) in [5.41, 5.74) is -2.17. The van der Waals surface area contributed by atoms with Crippen LogP contribution in [0, 0.1) is 0 Å². The van der Waals surface area contributed by atoms with Crippen LogP contribution < -0.4 is 0 Å². The molecule has 5 nitrogen and oxygen atoms in total. The molecule has 5 heteroatoms. The van der Waals surface area contributed by atoms with Gasteiger partial charge in [-0.15, -0.1) is 0 Å². The van der Waals surface area contributed by atoms with Crippen molar-refractivity contribution in [2.45, 2.75) is 50.3 Å². The maximum Gasteiger partial charge on any atom is 0.343 e. The second-order valence-electron chi connectivity index (χ2n) is 4.81. The van der Waals surface area contributed by atoms with E-state index in [-0.39, 0.29) is 12.5 Å². The van der Waals surface area contributed by atoms with E-state index in [1.54, 1.807) is 6.92 Å². The van der Waals surface area contributed by atoms with Crippen molar-refractivity contribution in [2.24, 2.45) is 0 Å². The molecule has 0 aliphatic carbocycles. The van der Waals surface area contributed by atoms with E-state index in [9.17, 15) is 9.90 Å². The Bertz CT molecular complexity index is 313. The lowest BCUT2D eigenvalue weighted by Gasteiger charge is -2.39. The summed E-state index contributed by atoms with van der Waals surface area (Å²) < 4.78 is 15.7. The molecule has 0 unspecified atom stereocenters. The lowest BCUT2D eigenvalue weighted by atomic mass is 9.83. The lowest BCUT2D eigenvalue weighted by molar-refractivity contribution is -0.259. The monoisotopic (exact) mass is 216 g/mol. The molecule has 1 N–H and O–H groups in total. The first-order valence-corrected chi connectivity index (χ1v) is 4.94. The summed E-state index contributed by atoms with van der Waals surface area (Å²) >= 11 is 0. The lowest BCUT2D eigenvalue weighted by Crippen LogP contribution is -2.60. The van der Waals surface area contributed by atoms with E-state index >= 15 is 0 Å². The number of carbonyl (C=O) groups excluding carboxylic acids is 1. The van der Waals surface area contributed by atoms with Crippen LogP contribution in [-0.2, 0) is 19.0 Å². The van der Waals surface area contributed by atoms with Gasteiger partial charge in [0.1, 0.15) is 0 Å². The fourth-order valence-corrected chi connectivity index (χ4v) is 2.37. The molecule has 0 aromatic rings. The first-order chi connectivity index (χ1) is 6.75. The van der Waals surface area contributed by atoms with Gasteiger partial charge in [0.2, 0.25) is 11.4 Å². The summed E-state index contributed by atoms with van der Waals surface area (Å²) in [5, 5.41) is 10.2. The second kappa shape index (κ2) is 2.72. The zero-order chi connectivity index (χ0) is 11.5. The molecule has 2 saturated heterocycles. The van der Waals surface area contributed by atoms with Gasteiger partial charge in [0, 0.05) is 6.42 Å². The first kappa shape index (κ1) is 10.9. The van der Waals surface area contributed by atoms with Gasteiger partial charge in [-0.3, -0.25) is 0 Å². The van der Waals surface area contributed by atoms with E-state index in [2.05, 4.69) is 4.74 Å². The van der Waals surface area contributed by atoms with Gasteiger partial charge in [0.05, 0.1) is 18.8 Å². The highest BCUT2D eigenvalue weighted by atomic mass is 16.8. The number of hydrogen-bond acceptors (Lipinski definition) is 5. The Labute approximate surface area is 88.3 Å². The Hall–Kier alpha value is -0.650. The maximum absolute atomic E-state index is 11.5. The van der Waals surface area contributed by atoms with Crippen LogP contribution in [0.25, 0.3) is 0 Å². The summed E-state index contributed by atoms with van der Waals surface area (Å²) in [4.78, 5) is 11.5. The molecule has 3 atom stereocenters. The molecule has 86 valence electrons. The number of carbonyl (C=O) groups is 1. The van der Waals surface area contributed by atoms with Crippen LogP contribution in [0.3, 0.4) is 0 Å². The third-order valence-corrected chi connectivity index (χ3v) is 3.36. The van der Waals surface area contributed by atoms with Crippen LogP contribution in [-0.4, -0.2) is 41.3 Å². The Morgan fingerprint density at radius 3 is 2.40 bits per heavy atom. The maximum atomic E-state index is 11.5. The molecule has 0 saturated carbocycles. The molecule has 2 aliphatic rings. The SMILES string of the molecule is COC(=O)[C@]1(O)C[C@H]2O[C@]1(C)OC2(C)C. The molecule has 2 bridgehead atoms. The zero-order valence-electron chi connectivity index (χ0n) is 9.36. The summed E-state index contributed by atoms with van der Waals surface area (Å²) in [6.45, 7) is 5.32. The standard InChI is InChI=1S/C10H16O5/c1-8(2)6-5-10(12,7(11)13-4)9(3,14-6)15-8/h6,12H,5H2,1-4H3/t6-,9-,10-/m1/s1. The molecule has 15 heavy (non-hydrogen) atoms. The fourth-order valence-electron chi connectivity index (χ4n) is 2.37. The number of fused-ring (bicyclic) bond motifs is 2. The van der Waals surface area contributed by atoms with Gasteiger partial charge in [0.25, 0.3) is 0 Å². The summed E-state index contributed by atoms with van der Waals surface area (Å²) in [6.07, 6.45) is -0.0741. The molecule has 2 rings (SSSR count). The van der Waals surface area contributed by atoms with Gasteiger partial charge in [-0.25, -0.2) is 4.79 Å². The van der Waals surface area contributed by atoms with Gasteiger partial charge in [-0.1, -0.05) is 0 Å². The van der Waals surface area contributed by atoms with Crippen molar-refractivity contribution >= 4 is 5.97 Å². The highest BCUT2D eigenvalue weighted by Gasteiger charge is 2.71. The van der Waals surface area contributed by atoms with Crippen molar-refractivity contribution in [1.82, 2.24) is 0 Å². The van der Waals surface area contributed by atoms with Crippen LogP contribution in [0.5, 0.6) is 0 Å². The third-order valence-electron chi connectivity index (χ3n) is 3.36. The second-order valence-corrected chi connectivity index (χ2v) is 4.81. The molecule has 2 fully saturated rings. The minimum atomic E-state index is -1.69. The normalized spacial score (nSPS) is 46.9. The van der Waals surface area contributed by atoms with E-state index in [1.807, 2.05) is 13.8 Å². The first-order valence-electron chi connectivity index (χ1n) is 4.94. The van der Waals surface area contributed by atoms with Crippen molar-refractivity contribution in [3.63, 3.8) is 0 Å². The number of ether oxygens (including phenoxy) is 3. The Morgan fingerprint density at radius 1 is 1.47 bits per heavy atom. The number of hydrogen-bond donors (Lipinski definition) is 1. The van der Waals surface area contributed by atoms with Crippen LogP contribution in [0.2, 0.25) is 0 Å². The van der Waals surface area contributed by atoms with E-state index in [1.165, 1.54) is 7.11 Å². The third kappa shape index (κ3) is 1.17. The molecule has 0 amide bonds. The molecular weight excluding hydrogens is 200 g/mol. The Balaban J connectivity index is 2.33.